The summed E-state index contributed by atoms with van der Waals surface area (Å²) in [5.41, 5.74) is 0.0926. The van der Waals surface area contributed by atoms with E-state index in [9.17, 15) is 9.59 Å². The fourth-order valence-corrected chi connectivity index (χ4v) is 2.30. The molecule has 1 unspecified atom stereocenters. The van der Waals surface area contributed by atoms with Crippen molar-refractivity contribution in [3.63, 3.8) is 0 Å². The van der Waals surface area contributed by atoms with Crippen LogP contribution in [0.15, 0.2) is 12.1 Å². The monoisotopic (exact) mass is 249 g/mol. The summed E-state index contributed by atoms with van der Waals surface area (Å²) in [5, 5.41) is 0. The third-order valence-electron chi connectivity index (χ3n) is 3.44. The molecule has 0 amide bonds. The molecule has 1 aromatic rings. The van der Waals surface area contributed by atoms with Crippen LogP contribution in [0.4, 0.5) is 0 Å². The van der Waals surface area contributed by atoms with Gasteiger partial charge in [0.05, 0.1) is 14.2 Å². The van der Waals surface area contributed by atoms with E-state index in [1.165, 1.54) is 14.2 Å². The van der Waals surface area contributed by atoms with E-state index in [1.54, 1.807) is 19.1 Å². The number of pyridine rings is 1. The van der Waals surface area contributed by atoms with Gasteiger partial charge in [0, 0.05) is 18.2 Å². The molecule has 0 fully saturated rings. The van der Waals surface area contributed by atoms with Gasteiger partial charge < -0.3 is 9.47 Å². The highest BCUT2D eigenvalue weighted by atomic mass is 16.5. The topological polar surface area (TPSA) is 65.5 Å². The van der Waals surface area contributed by atoms with Crippen LogP contribution >= 0.6 is 0 Å². The van der Waals surface area contributed by atoms with Gasteiger partial charge in [0.2, 0.25) is 5.88 Å². The lowest BCUT2D eigenvalue weighted by atomic mass is 9.72. The highest BCUT2D eigenvalue weighted by Gasteiger charge is 2.47. The predicted octanol–water partition coefficient (Wildman–Crippen LogP) is 1.04. The van der Waals surface area contributed by atoms with Crippen LogP contribution in [-0.4, -0.2) is 31.0 Å². The number of carbonyl (C=O) groups excluding carboxylic acids is 2. The lowest BCUT2D eigenvalue weighted by Gasteiger charge is -2.31. The van der Waals surface area contributed by atoms with Crippen LogP contribution in [0.3, 0.4) is 0 Å². The second-order valence-electron chi connectivity index (χ2n) is 4.39. The van der Waals surface area contributed by atoms with E-state index >= 15 is 0 Å². The molecule has 0 saturated carbocycles. The minimum absolute atomic E-state index is 0.131. The number of rotatable bonds is 2. The maximum absolute atomic E-state index is 12.1. The van der Waals surface area contributed by atoms with Crippen molar-refractivity contribution in [1.29, 1.82) is 0 Å². The highest BCUT2D eigenvalue weighted by Crippen LogP contribution is 2.35. The second kappa shape index (κ2) is 4.40. The number of hydrogen-bond acceptors (Lipinski definition) is 5. The number of aromatic nitrogens is 1. The summed E-state index contributed by atoms with van der Waals surface area (Å²) in [6.07, 6.45) is 0.816. The van der Waals surface area contributed by atoms with E-state index in [0.717, 1.165) is 5.69 Å². The SMILES string of the molecule is COC(=O)C1(C)C(=O)CCc2nc(OC)ccc21. The van der Waals surface area contributed by atoms with Gasteiger partial charge in [0.25, 0.3) is 0 Å². The Labute approximate surface area is 105 Å². The number of ketones is 1. The number of methoxy groups -OCH3 is 2. The molecule has 1 aliphatic rings. The molecule has 0 bridgehead atoms. The van der Waals surface area contributed by atoms with E-state index in [4.69, 9.17) is 9.47 Å². The van der Waals surface area contributed by atoms with Crippen LogP contribution in [0.5, 0.6) is 5.88 Å². The first-order chi connectivity index (χ1) is 8.53. The summed E-state index contributed by atoms with van der Waals surface area (Å²) in [6, 6.07) is 3.37. The van der Waals surface area contributed by atoms with Crippen molar-refractivity contribution in [3.8, 4) is 5.88 Å². The molecule has 0 N–H and O–H groups in total. The van der Waals surface area contributed by atoms with Crippen LogP contribution in [0.2, 0.25) is 0 Å². The van der Waals surface area contributed by atoms with Gasteiger partial charge in [-0.15, -0.1) is 0 Å². The standard InChI is InChI=1S/C13H15NO4/c1-13(12(16)18-3)8-4-7-11(17-2)14-9(8)5-6-10(13)15/h4,7H,5-6H2,1-3H3. The molecule has 1 heterocycles. The van der Waals surface area contributed by atoms with E-state index < -0.39 is 11.4 Å². The summed E-state index contributed by atoms with van der Waals surface area (Å²) in [4.78, 5) is 28.3. The van der Waals surface area contributed by atoms with Crippen LogP contribution in [-0.2, 0) is 26.2 Å². The molecule has 96 valence electrons. The molecule has 1 aromatic heterocycles. The molecule has 18 heavy (non-hydrogen) atoms. The molecule has 5 heteroatoms. The van der Waals surface area contributed by atoms with Gasteiger partial charge in [-0.2, -0.15) is 0 Å². The molecule has 0 aliphatic heterocycles. The first-order valence-electron chi connectivity index (χ1n) is 5.70. The third-order valence-corrected chi connectivity index (χ3v) is 3.44. The van der Waals surface area contributed by atoms with Gasteiger partial charge in [0.1, 0.15) is 5.41 Å². The number of Topliss-reactive ketones (excluding diaryl/α,β-unsaturated/α-hetero) is 1. The fraction of sp³-hybridized carbons (Fsp3) is 0.462. The van der Waals surface area contributed by atoms with E-state index in [-0.39, 0.29) is 5.78 Å². The predicted molar refractivity (Wildman–Crippen MR) is 63.5 cm³/mol. The average Bonchev–Trinajstić information content (AvgIpc) is 2.41. The van der Waals surface area contributed by atoms with Gasteiger partial charge in [-0.05, 0) is 18.9 Å². The van der Waals surface area contributed by atoms with Gasteiger partial charge in [-0.1, -0.05) is 6.07 Å². The number of esters is 1. The molecule has 0 saturated heterocycles. The number of ether oxygens (including phenoxy) is 2. The van der Waals surface area contributed by atoms with Gasteiger partial charge >= 0.3 is 5.97 Å². The molecule has 0 spiro atoms. The number of carbonyl (C=O) groups is 2. The maximum atomic E-state index is 12.1. The van der Waals surface area contributed by atoms with Crippen LogP contribution in [0.1, 0.15) is 24.6 Å². The average molecular weight is 249 g/mol. The number of aryl methyl sites for hydroxylation is 1. The maximum Gasteiger partial charge on any atom is 0.323 e. The number of fused-ring (bicyclic) bond motifs is 1. The summed E-state index contributed by atoms with van der Waals surface area (Å²) < 4.78 is 9.81. The summed E-state index contributed by atoms with van der Waals surface area (Å²) in [6.45, 7) is 1.59. The van der Waals surface area contributed by atoms with E-state index in [2.05, 4.69) is 4.98 Å². The number of hydrogen-bond donors (Lipinski definition) is 0. The van der Waals surface area contributed by atoms with Crippen molar-refractivity contribution < 1.29 is 19.1 Å². The summed E-state index contributed by atoms with van der Waals surface area (Å²) >= 11 is 0. The van der Waals surface area contributed by atoms with Crippen molar-refractivity contribution in [2.24, 2.45) is 0 Å². The molecular weight excluding hydrogens is 234 g/mol. The minimum Gasteiger partial charge on any atom is -0.481 e. The Kier molecular flexibility index (Phi) is 3.07. The van der Waals surface area contributed by atoms with Gasteiger partial charge in [-0.25, -0.2) is 4.98 Å². The van der Waals surface area contributed by atoms with E-state index in [0.29, 0.717) is 24.3 Å². The second-order valence-corrected chi connectivity index (χ2v) is 4.39. The summed E-state index contributed by atoms with van der Waals surface area (Å²) in [5.74, 6) is -0.190. The Morgan fingerprint density at radius 1 is 1.33 bits per heavy atom. The zero-order valence-corrected chi connectivity index (χ0v) is 10.6. The molecule has 0 radical (unpaired) electrons. The molecule has 1 aliphatic carbocycles. The van der Waals surface area contributed by atoms with Crippen molar-refractivity contribution in [2.45, 2.75) is 25.2 Å². The largest absolute Gasteiger partial charge is 0.481 e. The van der Waals surface area contributed by atoms with Crippen molar-refractivity contribution in [3.05, 3.63) is 23.4 Å². The van der Waals surface area contributed by atoms with E-state index in [1.807, 2.05) is 0 Å². The lowest BCUT2D eigenvalue weighted by molar-refractivity contribution is -0.151. The molecule has 0 aromatic carbocycles. The zero-order chi connectivity index (χ0) is 13.3. The Balaban J connectivity index is 2.58. The lowest BCUT2D eigenvalue weighted by Crippen LogP contribution is -2.45. The normalized spacial score (nSPS) is 22.3. The quantitative estimate of drug-likeness (QED) is 0.578. The van der Waals surface area contributed by atoms with Gasteiger partial charge in [-0.3, -0.25) is 9.59 Å². The fourth-order valence-electron chi connectivity index (χ4n) is 2.30. The molecule has 2 rings (SSSR count). The van der Waals surface area contributed by atoms with Crippen molar-refractivity contribution >= 4 is 11.8 Å². The van der Waals surface area contributed by atoms with Crippen LogP contribution in [0, 0.1) is 0 Å². The van der Waals surface area contributed by atoms with Crippen LogP contribution in [0.25, 0.3) is 0 Å². The summed E-state index contributed by atoms with van der Waals surface area (Å²) in [7, 11) is 2.81. The Hall–Kier alpha value is -1.91. The Bertz CT molecular complexity index is 512. The third kappa shape index (κ3) is 1.66. The van der Waals surface area contributed by atoms with Crippen LogP contribution < -0.4 is 4.74 Å². The molecule has 5 nitrogen and oxygen atoms in total. The number of nitrogens with zero attached hydrogens (tertiary/aromatic N) is 1. The van der Waals surface area contributed by atoms with Gasteiger partial charge in [0.15, 0.2) is 5.78 Å². The highest BCUT2D eigenvalue weighted by molar-refractivity contribution is 6.10. The Morgan fingerprint density at radius 2 is 2.06 bits per heavy atom. The minimum atomic E-state index is -1.25. The molecular formula is C13H15NO4. The first-order valence-corrected chi connectivity index (χ1v) is 5.70. The first kappa shape index (κ1) is 12.5. The van der Waals surface area contributed by atoms with Crippen molar-refractivity contribution in [1.82, 2.24) is 4.98 Å². The Morgan fingerprint density at radius 3 is 2.67 bits per heavy atom. The molecule has 1 atom stereocenters. The van der Waals surface area contributed by atoms with Crippen molar-refractivity contribution in [2.75, 3.05) is 14.2 Å². The zero-order valence-electron chi connectivity index (χ0n) is 10.6. The smallest absolute Gasteiger partial charge is 0.323 e.